The van der Waals surface area contributed by atoms with Crippen LogP contribution in [-0.2, 0) is 33.3 Å². The van der Waals surface area contributed by atoms with E-state index in [0.717, 1.165) is 74.0 Å². The van der Waals surface area contributed by atoms with Gasteiger partial charge in [-0.2, -0.15) is 0 Å². The fraction of sp³-hybridized carbons (Fsp3) is 0.487. The molecule has 0 spiro atoms. The second-order valence-electron chi connectivity index (χ2n) is 11.7. The molecule has 274 valence electrons. The van der Waals surface area contributed by atoms with Gasteiger partial charge in [0, 0.05) is 28.7 Å². The van der Waals surface area contributed by atoms with Gasteiger partial charge in [0.2, 0.25) is 0 Å². The summed E-state index contributed by atoms with van der Waals surface area (Å²) in [7, 11) is 0. The first-order valence-corrected chi connectivity index (χ1v) is 17.3. The van der Waals surface area contributed by atoms with E-state index < -0.39 is 18.0 Å². The molecule has 11 heteroatoms. The summed E-state index contributed by atoms with van der Waals surface area (Å²) < 4.78 is 32.7. The number of carbonyl (C=O) groups is 4. The average Bonchev–Trinajstić information content (AvgIpc) is 3.10. The summed E-state index contributed by atoms with van der Waals surface area (Å²) in [5, 5.41) is 2.54. The molecule has 0 heterocycles. The Morgan fingerprint density at radius 3 is 1.50 bits per heavy atom. The summed E-state index contributed by atoms with van der Waals surface area (Å²) in [5.74, 6) is 0.359. The zero-order valence-corrected chi connectivity index (χ0v) is 29.6. The Morgan fingerprint density at radius 2 is 0.980 bits per heavy atom. The molecule has 0 aliphatic heterocycles. The zero-order chi connectivity index (χ0) is 36.4. The van der Waals surface area contributed by atoms with Crippen LogP contribution in [0.5, 0.6) is 11.5 Å². The van der Waals surface area contributed by atoms with Crippen molar-refractivity contribution in [2.24, 2.45) is 0 Å². The molecule has 11 nitrogen and oxygen atoms in total. The van der Waals surface area contributed by atoms with Gasteiger partial charge in [-0.1, -0.05) is 49.6 Å². The third-order valence-corrected chi connectivity index (χ3v) is 7.21. The summed E-state index contributed by atoms with van der Waals surface area (Å²) in [6, 6.07) is 15.9. The van der Waals surface area contributed by atoms with Crippen molar-refractivity contribution in [1.82, 2.24) is 5.32 Å². The van der Waals surface area contributed by atoms with E-state index in [-0.39, 0.29) is 32.1 Å². The number of alkyl carbamates (subject to hydrolysis) is 1. The maximum atomic E-state index is 11.8. The number of carbonyl (C=O) groups excluding carboxylic acids is 4. The number of unbranched alkanes of at least 4 members (excludes halogenated alkanes) is 6. The minimum Gasteiger partial charge on any atom is -0.493 e. The highest BCUT2D eigenvalue weighted by Crippen LogP contribution is 2.36. The lowest BCUT2D eigenvalue weighted by Gasteiger charge is -2.15. The van der Waals surface area contributed by atoms with E-state index in [4.69, 9.17) is 28.4 Å². The lowest BCUT2D eigenvalue weighted by atomic mass is 10.0. The first-order valence-electron chi connectivity index (χ1n) is 17.3. The second kappa shape index (κ2) is 25.2. The van der Waals surface area contributed by atoms with Crippen molar-refractivity contribution in [3.05, 3.63) is 72.8 Å². The summed E-state index contributed by atoms with van der Waals surface area (Å²) in [6.07, 6.45) is 7.05. The standard InChI is InChI=1S/C39H53NO10/c1-30(2)37(42)48-28-17-22-36(41)47-26-15-7-5-13-24-45-34-20-11-9-18-32(34)33-19-10-12-21-35(33)46-25-14-6-8-16-27-50-39(44)40-23-29-49-38(43)31(3)4/h9-12,18-21H,1,3,5-8,13-17,22-29H2,2,4H3,(H,40,44). The highest BCUT2D eigenvalue weighted by molar-refractivity contribution is 5.87. The van der Waals surface area contributed by atoms with Gasteiger partial charge in [-0.3, -0.25) is 4.79 Å². The van der Waals surface area contributed by atoms with Gasteiger partial charge in [0.05, 0.1) is 39.6 Å². The molecular weight excluding hydrogens is 642 g/mol. The summed E-state index contributed by atoms with van der Waals surface area (Å²) in [6.45, 7) is 12.4. The summed E-state index contributed by atoms with van der Waals surface area (Å²) >= 11 is 0. The van der Waals surface area contributed by atoms with Crippen LogP contribution in [0.3, 0.4) is 0 Å². The number of hydrogen-bond donors (Lipinski definition) is 1. The molecule has 0 unspecified atom stereocenters. The molecule has 0 saturated carbocycles. The van der Waals surface area contributed by atoms with Gasteiger partial charge >= 0.3 is 24.0 Å². The first kappa shape index (κ1) is 41.4. The van der Waals surface area contributed by atoms with Crippen molar-refractivity contribution in [1.29, 1.82) is 0 Å². The highest BCUT2D eigenvalue weighted by Gasteiger charge is 2.12. The molecule has 2 aromatic rings. The van der Waals surface area contributed by atoms with Crippen LogP contribution in [0.1, 0.15) is 78.1 Å². The quantitative estimate of drug-likeness (QED) is 0.0456. The maximum Gasteiger partial charge on any atom is 0.407 e. The lowest BCUT2D eigenvalue weighted by molar-refractivity contribution is -0.146. The van der Waals surface area contributed by atoms with Gasteiger partial charge in [0.25, 0.3) is 0 Å². The predicted octanol–water partition coefficient (Wildman–Crippen LogP) is 7.52. The Labute approximate surface area is 296 Å². The van der Waals surface area contributed by atoms with Crippen molar-refractivity contribution >= 4 is 24.0 Å². The Kier molecular flexibility index (Phi) is 20.9. The molecule has 0 atom stereocenters. The SMILES string of the molecule is C=C(C)C(=O)OCCCC(=O)OCCCCCCOc1ccccc1-c1ccccc1OCCCCCCOC(=O)NCCOC(=O)C(=C)C. The van der Waals surface area contributed by atoms with Gasteiger partial charge in [-0.25, -0.2) is 14.4 Å². The largest absolute Gasteiger partial charge is 0.493 e. The Bertz CT molecular complexity index is 1270. The number of ether oxygens (including phenoxy) is 6. The number of benzene rings is 2. The first-order chi connectivity index (χ1) is 24.2. The van der Waals surface area contributed by atoms with Crippen LogP contribution in [0.2, 0.25) is 0 Å². The molecule has 0 aliphatic carbocycles. The van der Waals surface area contributed by atoms with Crippen molar-refractivity contribution in [2.45, 2.75) is 78.1 Å². The van der Waals surface area contributed by atoms with E-state index in [1.807, 2.05) is 48.5 Å². The highest BCUT2D eigenvalue weighted by atomic mass is 16.6. The van der Waals surface area contributed by atoms with Crippen molar-refractivity contribution < 1.29 is 47.6 Å². The summed E-state index contributed by atoms with van der Waals surface area (Å²) in [5.41, 5.74) is 2.58. The fourth-order valence-corrected chi connectivity index (χ4v) is 4.51. The van der Waals surface area contributed by atoms with E-state index in [0.29, 0.717) is 44.0 Å². The van der Waals surface area contributed by atoms with Gasteiger partial charge < -0.3 is 33.7 Å². The molecule has 0 radical (unpaired) electrons. The number of nitrogens with one attached hydrogen (secondary N) is 1. The van der Waals surface area contributed by atoms with Crippen LogP contribution in [0.4, 0.5) is 4.79 Å². The molecule has 50 heavy (non-hydrogen) atoms. The molecule has 2 aromatic carbocycles. The van der Waals surface area contributed by atoms with E-state index in [1.54, 1.807) is 13.8 Å². The van der Waals surface area contributed by atoms with Crippen LogP contribution >= 0.6 is 0 Å². The Morgan fingerprint density at radius 1 is 0.540 bits per heavy atom. The molecule has 0 saturated heterocycles. The smallest absolute Gasteiger partial charge is 0.407 e. The normalized spacial score (nSPS) is 10.4. The Balaban J connectivity index is 1.60. The topological polar surface area (TPSA) is 136 Å². The van der Waals surface area contributed by atoms with Gasteiger partial charge in [-0.15, -0.1) is 0 Å². The third kappa shape index (κ3) is 18.1. The molecular formula is C39H53NO10. The monoisotopic (exact) mass is 695 g/mol. The van der Waals surface area contributed by atoms with E-state index in [2.05, 4.69) is 18.5 Å². The van der Waals surface area contributed by atoms with Crippen LogP contribution in [-0.4, -0.2) is 70.2 Å². The summed E-state index contributed by atoms with van der Waals surface area (Å²) in [4.78, 5) is 46.2. The van der Waals surface area contributed by atoms with E-state index in [1.165, 1.54) is 0 Å². The number of rotatable bonds is 26. The molecule has 0 fully saturated rings. The van der Waals surface area contributed by atoms with Crippen molar-refractivity contribution in [2.75, 3.05) is 46.2 Å². The van der Waals surface area contributed by atoms with Crippen LogP contribution < -0.4 is 14.8 Å². The zero-order valence-electron chi connectivity index (χ0n) is 29.6. The molecule has 2 rings (SSSR count). The van der Waals surface area contributed by atoms with Crippen LogP contribution in [0.15, 0.2) is 72.8 Å². The number of hydrogen-bond acceptors (Lipinski definition) is 10. The maximum absolute atomic E-state index is 11.8. The van der Waals surface area contributed by atoms with Gasteiger partial charge in [0.1, 0.15) is 18.1 Å². The van der Waals surface area contributed by atoms with Gasteiger partial charge in [-0.05, 0) is 83.8 Å². The van der Waals surface area contributed by atoms with E-state index in [9.17, 15) is 19.2 Å². The molecule has 0 bridgehead atoms. The fourth-order valence-electron chi connectivity index (χ4n) is 4.51. The predicted molar refractivity (Wildman–Crippen MR) is 191 cm³/mol. The van der Waals surface area contributed by atoms with Crippen LogP contribution in [0, 0.1) is 0 Å². The van der Waals surface area contributed by atoms with Crippen molar-refractivity contribution in [3.63, 3.8) is 0 Å². The lowest BCUT2D eigenvalue weighted by Crippen LogP contribution is -2.29. The van der Waals surface area contributed by atoms with Gasteiger partial charge in [0.15, 0.2) is 0 Å². The van der Waals surface area contributed by atoms with Crippen molar-refractivity contribution in [3.8, 4) is 22.6 Å². The Hall–Kier alpha value is -4.80. The molecule has 0 aliphatic rings. The van der Waals surface area contributed by atoms with Crippen LogP contribution in [0.25, 0.3) is 11.1 Å². The number of esters is 3. The van der Waals surface area contributed by atoms with E-state index >= 15 is 0 Å². The molecule has 1 N–H and O–H groups in total. The number of amides is 1. The number of para-hydroxylation sites is 2. The molecule has 0 aromatic heterocycles. The second-order valence-corrected chi connectivity index (χ2v) is 11.7. The minimum atomic E-state index is -0.536. The average molecular weight is 696 g/mol. The molecule has 1 amide bonds. The third-order valence-electron chi connectivity index (χ3n) is 7.21. The minimum absolute atomic E-state index is 0.0636.